The molecule has 1 aromatic heterocycles. The fraction of sp³-hybridized carbons (Fsp3) is 0.667. The van der Waals surface area contributed by atoms with Gasteiger partial charge in [-0.25, -0.2) is 0 Å². The molecular formula is C12H18Cl2N2S. The molecule has 96 valence electrons. The average molecular weight is 293 g/mol. The van der Waals surface area contributed by atoms with Crippen molar-refractivity contribution in [2.45, 2.75) is 32.4 Å². The largest absolute Gasteiger partial charge is 0.328 e. The fourth-order valence-corrected chi connectivity index (χ4v) is 4.06. The van der Waals surface area contributed by atoms with Gasteiger partial charge in [-0.15, -0.1) is 11.3 Å². The SMILES string of the molecule is CC(N)C1CCN(C(C)c2cc(Cl)sc2Cl)C1. The summed E-state index contributed by atoms with van der Waals surface area (Å²) in [6.45, 7) is 6.43. The van der Waals surface area contributed by atoms with Crippen LogP contribution in [0.3, 0.4) is 0 Å². The van der Waals surface area contributed by atoms with Crippen LogP contribution in [0.1, 0.15) is 31.9 Å². The summed E-state index contributed by atoms with van der Waals surface area (Å²) < 4.78 is 1.58. The van der Waals surface area contributed by atoms with E-state index in [1.165, 1.54) is 17.8 Å². The summed E-state index contributed by atoms with van der Waals surface area (Å²) in [6, 6.07) is 2.59. The second kappa shape index (κ2) is 5.45. The third-order valence-corrected chi connectivity index (χ3v) is 5.20. The number of rotatable bonds is 3. The second-order valence-corrected chi connectivity index (χ2v) is 7.14. The second-order valence-electron chi connectivity index (χ2n) is 4.86. The lowest BCUT2D eigenvalue weighted by Crippen LogP contribution is -2.30. The molecule has 2 heterocycles. The lowest BCUT2D eigenvalue weighted by molar-refractivity contribution is 0.248. The van der Waals surface area contributed by atoms with Gasteiger partial charge >= 0.3 is 0 Å². The maximum atomic E-state index is 6.20. The highest BCUT2D eigenvalue weighted by Gasteiger charge is 2.30. The van der Waals surface area contributed by atoms with Crippen LogP contribution in [0.5, 0.6) is 0 Å². The number of hydrogen-bond acceptors (Lipinski definition) is 3. The van der Waals surface area contributed by atoms with E-state index >= 15 is 0 Å². The van der Waals surface area contributed by atoms with Gasteiger partial charge < -0.3 is 5.73 Å². The van der Waals surface area contributed by atoms with Gasteiger partial charge in [0.2, 0.25) is 0 Å². The van der Waals surface area contributed by atoms with Crippen molar-refractivity contribution in [2.24, 2.45) is 11.7 Å². The van der Waals surface area contributed by atoms with E-state index in [4.69, 9.17) is 28.9 Å². The standard InChI is InChI=1S/C12H18Cl2N2S/c1-7(15)9-3-4-16(6-9)8(2)10-5-11(13)17-12(10)14/h5,7-9H,3-4,6,15H2,1-2H3. The van der Waals surface area contributed by atoms with Crippen molar-refractivity contribution in [3.63, 3.8) is 0 Å². The summed E-state index contributed by atoms with van der Waals surface area (Å²) in [4.78, 5) is 2.44. The zero-order valence-corrected chi connectivity index (χ0v) is 12.4. The van der Waals surface area contributed by atoms with Crippen LogP contribution in [0.15, 0.2) is 6.07 Å². The molecule has 1 saturated heterocycles. The van der Waals surface area contributed by atoms with Gasteiger partial charge in [-0.1, -0.05) is 23.2 Å². The Morgan fingerprint density at radius 1 is 1.47 bits per heavy atom. The first-order valence-corrected chi connectivity index (χ1v) is 7.50. The van der Waals surface area contributed by atoms with Crippen LogP contribution in [0.4, 0.5) is 0 Å². The number of nitrogens with zero attached hydrogens (tertiary/aromatic N) is 1. The van der Waals surface area contributed by atoms with Gasteiger partial charge in [0.1, 0.15) is 0 Å². The van der Waals surface area contributed by atoms with E-state index in [9.17, 15) is 0 Å². The first-order valence-electron chi connectivity index (χ1n) is 5.93. The molecule has 0 bridgehead atoms. The number of nitrogens with two attached hydrogens (primary N) is 1. The van der Waals surface area contributed by atoms with Crippen LogP contribution in [-0.2, 0) is 0 Å². The van der Waals surface area contributed by atoms with E-state index in [0.29, 0.717) is 12.0 Å². The molecule has 17 heavy (non-hydrogen) atoms. The van der Waals surface area contributed by atoms with Gasteiger partial charge in [0.05, 0.1) is 8.67 Å². The highest BCUT2D eigenvalue weighted by Crippen LogP contribution is 2.38. The Hall–Kier alpha value is 0.200. The minimum Gasteiger partial charge on any atom is -0.328 e. The quantitative estimate of drug-likeness (QED) is 0.919. The number of hydrogen-bond donors (Lipinski definition) is 1. The molecule has 2 rings (SSSR count). The molecule has 1 aromatic rings. The summed E-state index contributed by atoms with van der Waals surface area (Å²) in [7, 11) is 0. The van der Waals surface area contributed by atoms with E-state index in [1.54, 1.807) is 0 Å². The predicted molar refractivity (Wildman–Crippen MR) is 76.1 cm³/mol. The van der Waals surface area contributed by atoms with Crippen LogP contribution < -0.4 is 5.73 Å². The maximum Gasteiger partial charge on any atom is 0.0991 e. The molecule has 0 amide bonds. The zero-order chi connectivity index (χ0) is 12.6. The van der Waals surface area contributed by atoms with Gasteiger partial charge in [-0.05, 0) is 38.8 Å². The van der Waals surface area contributed by atoms with Crippen LogP contribution in [0.25, 0.3) is 0 Å². The third kappa shape index (κ3) is 2.96. The van der Waals surface area contributed by atoms with Gasteiger partial charge in [0, 0.05) is 24.2 Å². The Kier molecular flexibility index (Phi) is 4.37. The van der Waals surface area contributed by atoms with Crippen LogP contribution >= 0.6 is 34.5 Å². The molecule has 1 aliphatic heterocycles. The summed E-state index contributed by atoms with van der Waals surface area (Å²) in [5.74, 6) is 0.602. The third-order valence-electron chi connectivity index (χ3n) is 3.68. The van der Waals surface area contributed by atoms with Gasteiger partial charge in [-0.2, -0.15) is 0 Å². The van der Waals surface area contributed by atoms with Crippen LogP contribution in [0.2, 0.25) is 8.67 Å². The maximum absolute atomic E-state index is 6.20. The summed E-state index contributed by atoms with van der Waals surface area (Å²) in [5.41, 5.74) is 7.11. The van der Waals surface area contributed by atoms with Crippen molar-refractivity contribution < 1.29 is 0 Å². The molecule has 1 aliphatic rings. The van der Waals surface area contributed by atoms with E-state index in [1.807, 2.05) is 6.07 Å². The summed E-state index contributed by atoms with van der Waals surface area (Å²) in [6.07, 6.45) is 1.18. The van der Waals surface area contributed by atoms with Crippen LogP contribution in [0, 0.1) is 5.92 Å². The molecule has 3 unspecified atom stereocenters. The molecule has 2 nitrogen and oxygen atoms in total. The molecule has 0 spiro atoms. The fourth-order valence-electron chi connectivity index (χ4n) is 2.43. The first kappa shape index (κ1) is 13.6. The van der Waals surface area contributed by atoms with E-state index in [0.717, 1.165) is 27.3 Å². The molecule has 3 atom stereocenters. The van der Waals surface area contributed by atoms with E-state index in [-0.39, 0.29) is 6.04 Å². The van der Waals surface area contributed by atoms with Crippen molar-refractivity contribution in [1.29, 1.82) is 0 Å². The Balaban J connectivity index is 2.06. The first-order chi connectivity index (χ1) is 7.99. The molecule has 0 aromatic carbocycles. The Labute approximate surface area is 117 Å². The molecule has 5 heteroatoms. The molecule has 0 saturated carbocycles. The van der Waals surface area contributed by atoms with E-state index < -0.39 is 0 Å². The van der Waals surface area contributed by atoms with Crippen molar-refractivity contribution >= 4 is 34.5 Å². The van der Waals surface area contributed by atoms with Gasteiger partial charge in [-0.3, -0.25) is 4.90 Å². The highest BCUT2D eigenvalue weighted by molar-refractivity contribution is 7.20. The van der Waals surface area contributed by atoms with Crippen molar-refractivity contribution in [3.05, 3.63) is 20.3 Å². The molecular weight excluding hydrogens is 275 g/mol. The average Bonchev–Trinajstić information content (AvgIpc) is 2.84. The monoisotopic (exact) mass is 292 g/mol. The number of halogens is 2. The summed E-state index contributed by atoms with van der Waals surface area (Å²) in [5, 5.41) is 0. The number of thiophene rings is 1. The molecule has 0 aliphatic carbocycles. The van der Waals surface area contributed by atoms with Crippen LogP contribution in [-0.4, -0.2) is 24.0 Å². The Morgan fingerprint density at radius 3 is 2.65 bits per heavy atom. The van der Waals surface area contributed by atoms with E-state index in [2.05, 4.69) is 18.7 Å². The van der Waals surface area contributed by atoms with Crippen molar-refractivity contribution in [2.75, 3.05) is 13.1 Å². The molecule has 2 N–H and O–H groups in total. The topological polar surface area (TPSA) is 29.3 Å². The minimum atomic E-state index is 0.272. The lowest BCUT2D eigenvalue weighted by atomic mass is 10.0. The Bertz CT molecular complexity index is 392. The molecule has 1 fully saturated rings. The number of likely N-dealkylation sites (tertiary alicyclic amines) is 1. The lowest BCUT2D eigenvalue weighted by Gasteiger charge is -2.24. The highest BCUT2D eigenvalue weighted by atomic mass is 35.5. The van der Waals surface area contributed by atoms with Crippen molar-refractivity contribution in [3.8, 4) is 0 Å². The molecule has 0 radical (unpaired) electrons. The van der Waals surface area contributed by atoms with Crippen molar-refractivity contribution in [1.82, 2.24) is 4.90 Å². The normalized spacial score (nSPS) is 25.1. The smallest absolute Gasteiger partial charge is 0.0991 e. The summed E-state index contributed by atoms with van der Waals surface area (Å²) >= 11 is 13.6. The van der Waals surface area contributed by atoms with Gasteiger partial charge in [0.25, 0.3) is 0 Å². The van der Waals surface area contributed by atoms with Gasteiger partial charge in [0.15, 0.2) is 0 Å². The predicted octanol–water partition coefficient (Wildman–Crippen LogP) is 3.79. The Morgan fingerprint density at radius 2 is 2.18 bits per heavy atom. The minimum absolute atomic E-state index is 0.272. The zero-order valence-electron chi connectivity index (χ0n) is 10.1.